The van der Waals surface area contributed by atoms with Gasteiger partial charge in [-0.15, -0.1) is 0 Å². The lowest BCUT2D eigenvalue weighted by Crippen LogP contribution is -2.60. The molecule has 0 aliphatic carbocycles. The van der Waals surface area contributed by atoms with Gasteiger partial charge in [0.2, 0.25) is 5.91 Å². The van der Waals surface area contributed by atoms with Crippen LogP contribution in [-0.4, -0.2) is 60.5 Å². The lowest BCUT2D eigenvalue weighted by molar-refractivity contribution is -0.138. The average molecular weight is 239 g/mol. The Kier molecular flexibility index (Phi) is 4.05. The molecule has 0 aromatic rings. The van der Waals surface area contributed by atoms with Crippen molar-refractivity contribution in [2.75, 3.05) is 26.7 Å². The van der Waals surface area contributed by atoms with Gasteiger partial charge in [-0.1, -0.05) is 6.42 Å². The molecule has 2 aliphatic heterocycles. The van der Waals surface area contributed by atoms with E-state index < -0.39 is 0 Å². The molecule has 0 spiro atoms. The zero-order valence-electron chi connectivity index (χ0n) is 11.3. The van der Waals surface area contributed by atoms with Crippen molar-refractivity contribution in [3.63, 3.8) is 0 Å². The smallest absolute Gasteiger partial charge is 0.239 e. The fraction of sp³-hybridized carbons (Fsp3) is 0.923. The minimum absolute atomic E-state index is 0.0755. The maximum absolute atomic E-state index is 12.4. The van der Waals surface area contributed by atoms with Crippen molar-refractivity contribution in [1.82, 2.24) is 15.1 Å². The molecule has 0 saturated carbocycles. The van der Waals surface area contributed by atoms with Crippen molar-refractivity contribution in [3.8, 4) is 0 Å². The Labute approximate surface area is 104 Å². The third-order valence-corrected chi connectivity index (χ3v) is 4.28. The van der Waals surface area contributed by atoms with Crippen LogP contribution in [0.3, 0.4) is 0 Å². The Balaban J connectivity index is 1.95. The van der Waals surface area contributed by atoms with Crippen molar-refractivity contribution < 1.29 is 4.79 Å². The number of hydrogen-bond acceptors (Lipinski definition) is 3. The topological polar surface area (TPSA) is 35.6 Å². The summed E-state index contributed by atoms with van der Waals surface area (Å²) < 4.78 is 0. The van der Waals surface area contributed by atoms with Crippen LogP contribution in [0.25, 0.3) is 0 Å². The van der Waals surface area contributed by atoms with Crippen LogP contribution in [-0.2, 0) is 4.79 Å². The number of hydrogen-bond donors (Lipinski definition) is 1. The minimum atomic E-state index is 0.0755. The Morgan fingerprint density at radius 1 is 1.18 bits per heavy atom. The maximum atomic E-state index is 12.4. The van der Waals surface area contributed by atoms with Crippen LogP contribution in [0.2, 0.25) is 0 Å². The Morgan fingerprint density at radius 2 is 1.82 bits per heavy atom. The molecule has 0 radical (unpaired) electrons. The molecular formula is C13H25N3O. The van der Waals surface area contributed by atoms with E-state index in [2.05, 4.69) is 36.0 Å². The molecular weight excluding hydrogens is 214 g/mol. The number of likely N-dealkylation sites (N-methyl/N-ethyl adjacent to an activating group) is 1. The number of piperidine rings is 1. The number of piperazine rings is 1. The van der Waals surface area contributed by atoms with Gasteiger partial charge in [-0.3, -0.25) is 9.69 Å². The van der Waals surface area contributed by atoms with E-state index in [0.29, 0.717) is 18.0 Å². The Bertz CT molecular complexity index is 264. The van der Waals surface area contributed by atoms with Crippen LogP contribution < -0.4 is 5.32 Å². The summed E-state index contributed by atoms with van der Waals surface area (Å²) in [6.45, 7) is 7.14. The first-order chi connectivity index (χ1) is 8.09. The summed E-state index contributed by atoms with van der Waals surface area (Å²) in [5.74, 6) is 0.316. The second-order valence-electron chi connectivity index (χ2n) is 5.61. The van der Waals surface area contributed by atoms with Crippen molar-refractivity contribution in [2.45, 2.75) is 51.2 Å². The highest BCUT2D eigenvalue weighted by molar-refractivity contribution is 5.82. The van der Waals surface area contributed by atoms with Gasteiger partial charge in [0.05, 0.1) is 6.04 Å². The van der Waals surface area contributed by atoms with Gasteiger partial charge in [-0.25, -0.2) is 0 Å². The molecule has 98 valence electrons. The van der Waals surface area contributed by atoms with Crippen LogP contribution in [0.5, 0.6) is 0 Å². The fourth-order valence-electron chi connectivity index (χ4n) is 2.87. The molecule has 2 fully saturated rings. The first kappa shape index (κ1) is 12.8. The van der Waals surface area contributed by atoms with Gasteiger partial charge in [-0.05, 0) is 40.3 Å². The van der Waals surface area contributed by atoms with E-state index >= 15 is 0 Å². The molecule has 3 atom stereocenters. The van der Waals surface area contributed by atoms with Gasteiger partial charge in [-0.2, -0.15) is 0 Å². The predicted molar refractivity (Wildman–Crippen MR) is 68.9 cm³/mol. The van der Waals surface area contributed by atoms with E-state index in [1.165, 1.54) is 12.8 Å². The monoisotopic (exact) mass is 239 g/mol. The van der Waals surface area contributed by atoms with Crippen LogP contribution in [0.4, 0.5) is 0 Å². The van der Waals surface area contributed by atoms with Gasteiger partial charge < -0.3 is 10.2 Å². The summed E-state index contributed by atoms with van der Waals surface area (Å²) >= 11 is 0. The lowest BCUT2D eigenvalue weighted by Gasteiger charge is -2.43. The summed E-state index contributed by atoms with van der Waals surface area (Å²) in [7, 11) is 2.15. The minimum Gasteiger partial charge on any atom is -0.338 e. The molecule has 0 aromatic heterocycles. The summed E-state index contributed by atoms with van der Waals surface area (Å²) in [4.78, 5) is 16.8. The van der Waals surface area contributed by atoms with Crippen molar-refractivity contribution in [3.05, 3.63) is 0 Å². The Morgan fingerprint density at radius 3 is 2.35 bits per heavy atom. The van der Waals surface area contributed by atoms with Gasteiger partial charge in [0.15, 0.2) is 0 Å². The number of rotatable bonds is 1. The van der Waals surface area contributed by atoms with E-state index in [1.807, 2.05) is 0 Å². The number of nitrogens with zero attached hydrogens (tertiary/aromatic N) is 2. The first-order valence-electron chi connectivity index (χ1n) is 6.83. The van der Waals surface area contributed by atoms with Crippen molar-refractivity contribution in [2.24, 2.45) is 0 Å². The van der Waals surface area contributed by atoms with E-state index in [0.717, 1.165) is 26.1 Å². The van der Waals surface area contributed by atoms with Gasteiger partial charge in [0.25, 0.3) is 0 Å². The summed E-state index contributed by atoms with van der Waals surface area (Å²) in [6.07, 6.45) is 3.40. The van der Waals surface area contributed by atoms with Crippen molar-refractivity contribution in [1.29, 1.82) is 0 Å². The van der Waals surface area contributed by atoms with Gasteiger partial charge in [0, 0.05) is 25.2 Å². The lowest BCUT2D eigenvalue weighted by atomic mass is 10.0. The summed E-state index contributed by atoms with van der Waals surface area (Å²) in [5.41, 5.74) is 0. The number of carbonyl (C=O) groups excluding carboxylic acids is 1. The molecule has 2 saturated heterocycles. The molecule has 1 amide bonds. The molecule has 1 N–H and O–H groups in total. The second-order valence-corrected chi connectivity index (χ2v) is 5.61. The number of nitrogens with one attached hydrogen (secondary N) is 1. The van der Waals surface area contributed by atoms with Crippen LogP contribution in [0.1, 0.15) is 33.1 Å². The van der Waals surface area contributed by atoms with Crippen LogP contribution in [0, 0.1) is 0 Å². The summed E-state index contributed by atoms with van der Waals surface area (Å²) in [6, 6.07) is 1.00. The molecule has 2 heterocycles. The maximum Gasteiger partial charge on any atom is 0.239 e. The Hall–Kier alpha value is -0.610. The number of carbonyl (C=O) groups is 1. The molecule has 2 rings (SSSR count). The highest BCUT2D eigenvalue weighted by Gasteiger charge is 2.32. The third-order valence-electron chi connectivity index (χ3n) is 4.28. The predicted octanol–water partition coefficient (Wildman–Crippen LogP) is 0.680. The van der Waals surface area contributed by atoms with E-state index in [1.54, 1.807) is 0 Å². The molecule has 4 heteroatoms. The van der Waals surface area contributed by atoms with Crippen LogP contribution in [0.15, 0.2) is 0 Å². The average Bonchev–Trinajstić information content (AvgIpc) is 2.35. The van der Waals surface area contributed by atoms with Gasteiger partial charge in [0.1, 0.15) is 0 Å². The molecule has 2 unspecified atom stereocenters. The zero-order chi connectivity index (χ0) is 12.4. The van der Waals surface area contributed by atoms with E-state index in [-0.39, 0.29) is 6.04 Å². The molecule has 2 aliphatic rings. The largest absolute Gasteiger partial charge is 0.338 e. The molecule has 0 aromatic carbocycles. The molecule has 17 heavy (non-hydrogen) atoms. The van der Waals surface area contributed by atoms with Gasteiger partial charge >= 0.3 is 0 Å². The quantitative estimate of drug-likeness (QED) is 0.731. The highest BCUT2D eigenvalue weighted by Crippen LogP contribution is 2.16. The van der Waals surface area contributed by atoms with E-state index in [4.69, 9.17) is 0 Å². The van der Waals surface area contributed by atoms with Crippen LogP contribution >= 0.6 is 0 Å². The fourth-order valence-corrected chi connectivity index (χ4v) is 2.87. The first-order valence-corrected chi connectivity index (χ1v) is 6.83. The third kappa shape index (κ3) is 2.80. The second kappa shape index (κ2) is 5.36. The standard InChI is InChI=1S/C13H25N3O/c1-10-8-16(9-11(2)15(10)3)13(17)12-6-4-5-7-14-12/h10-12,14H,4-9H2,1-3H3/t10?,11?,12-/m1/s1. The normalized spacial score (nSPS) is 35.9. The van der Waals surface area contributed by atoms with Crippen molar-refractivity contribution >= 4 is 5.91 Å². The zero-order valence-corrected chi connectivity index (χ0v) is 11.3. The SMILES string of the molecule is CC1CN(C(=O)[C@H]2CCCCN2)CC(C)N1C. The molecule has 4 nitrogen and oxygen atoms in total. The highest BCUT2D eigenvalue weighted by atomic mass is 16.2. The van der Waals surface area contributed by atoms with E-state index in [9.17, 15) is 4.79 Å². The summed E-state index contributed by atoms with van der Waals surface area (Å²) in [5, 5.41) is 3.35. The molecule has 0 bridgehead atoms. The number of amides is 1.